The molecule has 4 heteroatoms. The fraction of sp³-hybridized carbons (Fsp3) is 0.909. The molecule has 0 aliphatic heterocycles. The molecule has 0 rings (SSSR count). The summed E-state index contributed by atoms with van der Waals surface area (Å²) in [4.78, 5) is 13.3. The Hall–Kier alpha value is -0.770. The third kappa shape index (κ3) is 5.62. The van der Waals surface area contributed by atoms with E-state index in [1.165, 1.54) is 0 Å². The van der Waals surface area contributed by atoms with Crippen LogP contribution in [-0.4, -0.2) is 42.9 Å². The van der Waals surface area contributed by atoms with E-state index in [1.807, 2.05) is 34.6 Å². The number of ether oxygens (including phenoxy) is 2. The van der Waals surface area contributed by atoms with Crippen molar-refractivity contribution in [3.05, 3.63) is 0 Å². The highest BCUT2D eigenvalue weighted by atomic mass is 16.6. The Bertz CT molecular complexity index is 187. The first-order valence-electron chi connectivity index (χ1n) is 5.45. The topological polar surface area (TPSA) is 38.8 Å². The Labute approximate surface area is 92.5 Å². The molecule has 0 aliphatic rings. The number of carbonyl (C=O) groups is 1. The highest BCUT2D eigenvalue weighted by molar-refractivity contribution is 5.68. The second-order valence-electron chi connectivity index (χ2n) is 4.23. The van der Waals surface area contributed by atoms with Gasteiger partial charge in [-0.05, 0) is 34.6 Å². The van der Waals surface area contributed by atoms with Crippen molar-refractivity contribution in [2.24, 2.45) is 0 Å². The van der Waals surface area contributed by atoms with E-state index < -0.39 is 0 Å². The van der Waals surface area contributed by atoms with Crippen molar-refractivity contribution in [2.45, 2.75) is 40.2 Å². The molecule has 0 unspecified atom stereocenters. The number of carbonyl (C=O) groups excluding carboxylic acids is 1. The van der Waals surface area contributed by atoms with Gasteiger partial charge in [0.25, 0.3) is 0 Å². The number of amides is 1. The van der Waals surface area contributed by atoms with Gasteiger partial charge in [0.05, 0.1) is 6.61 Å². The summed E-state index contributed by atoms with van der Waals surface area (Å²) >= 11 is 0. The smallest absolute Gasteiger partial charge is 0.410 e. The molecule has 0 aromatic heterocycles. The van der Waals surface area contributed by atoms with Crippen LogP contribution in [0.1, 0.15) is 34.6 Å². The number of hydrogen-bond donors (Lipinski definition) is 0. The minimum Gasteiger partial charge on any atom is -0.447 e. The molecule has 0 aromatic rings. The van der Waals surface area contributed by atoms with Crippen molar-refractivity contribution >= 4 is 6.09 Å². The lowest BCUT2D eigenvalue weighted by Crippen LogP contribution is -2.45. The van der Waals surface area contributed by atoms with Crippen LogP contribution in [0, 0.1) is 0 Å². The summed E-state index contributed by atoms with van der Waals surface area (Å²) < 4.78 is 10.2. The second kappa shape index (κ2) is 6.67. The average molecular weight is 217 g/mol. The van der Waals surface area contributed by atoms with Gasteiger partial charge in [-0.2, -0.15) is 0 Å². The first-order chi connectivity index (χ1) is 6.93. The monoisotopic (exact) mass is 217 g/mol. The normalized spacial score (nSPS) is 11.3. The molecule has 0 saturated carbocycles. The van der Waals surface area contributed by atoms with Gasteiger partial charge in [-0.15, -0.1) is 0 Å². The van der Waals surface area contributed by atoms with E-state index in [1.54, 1.807) is 4.90 Å². The molecule has 15 heavy (non-hydrogen) atoms. The van der Waals surface area contributed by atoms with E-state index in [4.69, 9.17) is 9.47 Å². The van der Waals surface area contributed by atoms with E-state index >= 15 is 0 Å². The molecule has 0 heterocycles. The van der Waals surface area contributed by atoms with Crippen LogP contribution in [0.25, 0.3) is 0 Å². The molecule has 0 fully saturated rings. The van der Waals surface area contributed by atoms with Crippen LogP contribution in [0.15, 0.2) is 0 Å². The van der Waals surface area contributed by atoms with E-state index in [0.717, 1.165) is 0 Å². The van der Waals surface area contributed by atoms with Gasteiger partial charge in [-0.1, -0.05) is 0 Å². The van der Waals surface area contributed by atoms with Crippen molar-refractivity contribution < 1.29 is 14.3 Å². The molecule has 0 spiro atoms. The lowest BCUT2D eigenvalue weighted by Gasteiger charge is -2.33. The Morgan fingerprint density at radius 2 is 1.80 bits per heavy atom. The third-order valence-corrected chi connectivity index (χ3v) is 2.00. The van der Waals surface area contributed by atoms with Crippen LogP contribution in [0.3, 0.4) is 0 Å². The predicted octanol–water partition coefficient (Wildman–Crippen LogP) is 2.28. The van der Waals surface area contributed by atoms with Crippen molar-refractivity contribution in [1.29, 1.82) is 0 Å². The summed E-state index contributed by atoms with van der Waals surface area (Å²) in [5.41, 5.74) is -0.197. The zero-order valence-electron chi connectivity index (χ0n) is 10.5. The highest BCUT2D eigenvalue weighted by Crippen LogP contribution is 2.13. The van der Waals surface area contributed by atoms with Gasteiger partial charge in [0.1, 0.15) is 6.61 Å². The van der Waals surface area contributed by atoms with Crippen molar-refractivity contribution in [3.63, 3.8) is 0 Å². The van der Waals surface area contributed by atoms with Gasteiger partial charge in [-0.3, -0.25) is 0 Å². The van der Waals surface area contributed by atoms with E-state index in [0.29, 0.717) is 26.4 Å². The summed E-state index contributed by atoms with van der Waals surface area (Å²) in [7, 11) is 0. The van der Waals surface area contributed by atoms with E-state index in [2.05, 4.69) is 0 Å². The summed E-state index contributed by atoms with van der Waals surface area (Å²) in [6.45, 7) is 11.9. The molecule has 90 valence electrons. The van der Waals surface area contributed by atoms with Crippen LogP contribution in [0.4, 0.5) is 4.79 Å². The summed E-state index contributed by atoms with van der Waals surface area (Å²) in [6.07, 6.45) is -0.273. The molecular formula is C11H23NO3. The van der Waals surface area contributed by atoms with Crippen molar-refractivity contribution in [2.75, 3.05) is 26.4 Å². The molecule has 0 saturated heterocycles. The SMILES string of the molecule is CCOCCOC(=O)N(CC)C(C)(C)C. The van der Waals surface area contributed by atoms with Crippen LogP contribution < -0.4 is 0 Å². The Kier molecular flexibility index (Phi) is 6.32. The van der Waals surface area contributed by atoms with Crippen LogP contribution in [0.5, 0.6) is 0 Å². The Morgan fingerprint density at radius 1 is 1.20 bits per heavy atom. The predicted molar refractivity (Wildman–Crippen MR) is 60.0 cm³/mol. The summed E-state index contributed by atoms with van der Waals surface area (Å²) in [5, 5.41) is 0. The lowest BCUT2D eigenvalue weighted by molar-refractivity contribution is 0.0419. The largest absolute Gasteiger partial charge is 0.447 e. The van der Waals surface area contributed by atoms with Crippen LogP contribution in [0.2, 0.25) is 0 Å². The van der Waals surface area contributed by atoms with Crippen molar-refractivity contribution in [1.82, 2.24) is 4.90 Å². The quantitative estimate of drug-likeness (QED) is 0.663. The standard InChI is InChI=1S/C11H23NO3/c1-6-12(11(3,4)5)10(13)15-9-8-14-7-2/h6-9H2,1-5H3. The number of hydrogen-bond acceptors (Lipinski definition) is 3. The fourth-order valence-electron chi connectivity index (χ4n) is 1.29. The van der Waals surface area contributed by atoms with Gasteiger partial charge in [0.2, 0.25) is 0 Å². The van der Waals surface area contributed by atoms with E-state index in [9.17, 15) is 4.79 Å². The van der Waals surface area contributed by atoms with Crippen LogP contribution in [-0.2, 0) is 9.47 Å². The molecular weight excluding hydrogens is 194 g/mol. The second-order valence-corrected chi connectivity index (χ2v) is 4.23. The minimum atomic E-state index is -0.273. The van der Waals surface area contributed by atoms with Crippen molar-refractivity contribution in [3.8, 4) is 0 Å². The molecule has 0 atom stereocenters. The first-order valence-corrected chi connectivity index (χ1v) is 5.45. The Morgan fingerprint density at radius 3 is 2.20 bits per heavy atom. The van der Waals surface area contributed by atoms with Gasteiger partial charge in [0, 0.05) is 18.7 Å². The third-order valence-electron chi connectivity index (χ3n) is 2.00. The molecule has 0 aliphatic carbocycles. The van der Waals surface area contributed by atoms with Crippen LogP contribution >= 0.6 is 0 Å². The lowest BCUT2D eigenvalue weighted by atomic mass is 10.1. The summed E-state index contributed by atoms with van der Waals surface area (Å²) in [5.74, 6) is 0. The Balaban J connectivity index is 3.96. The molecule has 0 aromatic carbocycles. The number of rotatable bonds is 5. The highest BCUT2D eigenvalue weighted by Gasteiger charge is 2.25. The maximum atomic E-state index is 11.6. The zero-order chi connectivity index (χ0) is 11.9. The fourth-order valence-corrected chi connectivity index (χ4v) is 1.29. The molecule has 0 N–H and O–H groups in total. The average Bonchev–Trinajstić information content (AvgIpc) is 2.11. The van der Waals surface area contributed by atoms with Gasteiger partial charge in [0.15, 0.2) is 0 Å². The first kappa shape index (κ1) is 14.2. The van der Waals surface area contributed by atoms with E-state index in [-0.39, 0.29) is 11.6 Å². The van der Waals surface area contributed by atoms with Gasteiger partial charge >= 0.3 is 6.09 Å². The molecule has 0 bridgehead atoms. The maximum absolute atomic E-state index is 11.6. The maximum Gasteiger partial charge on any atom is 0.410 e. The molecule has 4 nitrogen and oxygen atoms in total. The van der Waals surface area contributed by atoms with Gasteiger partial charge in [-0.25, -0.2) is 4.79 Å². The zero-order valence-corrected chi connectivity index (χ0v) is 10.5. The van der Waals surface area contributed by atoms with Gasteiger partial charge < -0.3 is 14.4 Å². The number of nitrogens with zero attached hydrogens (tertiary/aromatic N) is 1. The minimum absolute atomic E-state index is 0.197. The molecule has 1 amide bonds. The summed E-state index contributed by atoms with van der Waals surface area (Å²) in [6, 6.07) is 0. The molecule has 0 radical (unpaired) electrons.